The van der Waals surface area contributed by atoms with Crippen LogP contribution in [0.5, 0.6) is 0 Å². The van der Waals surface area contributed by atoms with E-state index in [0.717, 1.165) is 16.8 Å². The topological polar surface area (TPSA) is 3.88 Å². The molecule has 1 heterocycles. The van der Waals surface area contributed by atoms with Crippen molar-refractivity contribution in [2.45, 2.75) is 34.1 Å². The molecule has 2 rings (SSSR count). The Morgan fingerprint density at radius 3 is 2.44 bits per heavy atom. The van der Waals surface area contributed by atoms with E-state index in [1.54, 1.807) is 6.92 Å². The lowest BCUT2D eigenvalue weighted by Crippen LogP contribution is -2.32. The minimum absolute atomic E-state index is 0.744. The van der Waals surface area contributed by atoms with E-state index in [9.17, 15) is 0 Å². The fourth-order valence-corrected chi connectivity index (χ4v) is 2.38. The molecular formula is C17H22N+. The van der Waals surface area contributed by atoms with E-state index in [4.69, 9.17) is 2.74 Å². The molecule has 94 valence electrons. The minimum Gasteiger partial charge on any atom is -0.201 e. The molecule has 1 aromatic carbocycles. The standard InChI is InChI=1S/C17H22N/c1-6-15-11-18(5)17(10-13(15)3)16-8-7-12(2)9-14(16)4/h7-11H,6H2,1-5H3/q+1/i6D2. The fraction of sp³-hybridized carbons (Fsp3) is 0.353. The van der Waals surface area contributed by atoms with Gasteiger partial charge in [0.2, 0.25) is 5.69 Å². The highest BCUT2D eigenvalue weighted by molar-refractivity contribution is 5.62. The van der Waals surface area contributed by atoms with E-state index < -0.39 is 6.37 Å². The number of rotatable bonds is 2. The zero-order valence-corrected chi connectivity index (χ0v) is 11.8. The molecule has 0 N–H and O–H groups in total. The minimum atomic E-state index is -1.32. The van der Waals surface area contributed by atoms with E-state index in [2.05, 4.69) is 38.1 Å². The lowest BCUT2D eigenvalue weighted by molar-refractivity contribution is -0.660. The zero-order chi connectivity index (χ0) is 15.1. The molecule has 0 spiro atoms. The van der Waals surface area contributed by atoms with Crippen LogP contribution in [0.25, 0.3) is 11.3 Å². The predicted molar refractivity (Wildman–Crippen MR) is 76.6 cm³/mol. The highest BCUT2D eigenvalue weighted by Gasteiger charge is 2.14. The van der Waals surface area contributed by atoms with E-state index in [0.29, 0.717) is 0 Å². The van der Waals surface area contributed by atoms with E-state index >= 15 is 0 Å². The Kier molecular flexibility index (Phi) is 2.82. The molecule has 0 fully saturated rings. The summed E-state index contributed by atoms with van der Waals surface area (Å²) in [5, 5.41) is 0. The second-order valence-electron chi connectivity index (χ2n) is 4.93. The molecule has 1 nitrogen and oxygen atoms in total. The maximum Gasteiger partial charge on any atom is 0.212 e. The molecule has 0 aliphatic heterocycles. The van der Waals surface area contributed by atoms with Gasteiger partial charge in [-0.15, -0.1) is 0 Å². The summed E-state index contributed by atoms with van der Waals surface area (Å²) in [6, 6.07) is 8.51. The molecule has 1 aromatic heterocycles. The summed E-state index contributed by atoms with van der Waals surface area (Å²) in [7, 11) is 1.98. The summed E-state index contributed by atoms with van der Waals surface area (Å²) in [5.74, 6) is 0. The monoisotopic (exact) mass is 242 g/mol. The molecule has 0 bridgehead atoms. The van der Waals surface area contributed by atoms with E-state index in [1.165, 1.54) is 16.7 Å². The van der Waals surface area contributed by atoms with Gasteiger partial charge in [0.1, 0.15) is 7.05 Å². The lowest BCUT2D eigenvalue weighted by atomic mass is 9.99. The van der Waals surface area contributed by atoms with Crippen molar-refractivity contribution in [3.63, 3.8) is 0 Å². The predicted octanol–water partition coefficient (Wildman–Crippen LogP) is 3.67. The number of aromatic nitrogens is 1. The molecule has 0 amide bonds. The van der Waals surface area contributed by atoms with Crippen molar-refractivity contribution in [2.24, 2.45) is 7.05 Å². The molecule has 0 radical (unpaired) electrons. The van der Waals surface area contributed by atoms with Crippen LogP contribution in [-0.4, -0.2) is 0 Å². The maximum atomic E-state index is 7.91. The number of hydrogen-bond donors (Lipinski definition) is 0. The van der Waals surface area contributed by atoms with E-state index in [-0.39, 0.29) is 0 Å². The number of hydrogen-bond acceptors (Lipinski definition) is 0. The maximum absolute atomic E-state index is 7.91. The van der Waals surface area contributed by atoms with Gasteiger partial charge in [-0.05, 0) is 44.3 Å². The van der Waals surface area contributed by atoms with Crippen molar-refractivity contribution in [1.82, 2.24) is 0 Å². The van der Waals surface area contributed by atoms with Crippen LogP contribution >= 0.6 is 0 Å². The van der Waals surface area contributed by atoms with Gasteiger partial charge in [0, 0.05) is 19.9 Å². The number of benzene rings is 1. The summed E-state index contributed by atoms with van der Waals surface area (Å²) in [6.45, 7) is 7.79. The van der Waals surface area contributed by atoms with Gasteiger partial charge in [0.15, 0.2) is 6.20 Å². The average Bonchev–Trinajstić information content (AvgIpc) is 2.31. The Hall–Kier alpha value is -1.63. The molecule has 2 aromatic rings. The van der Waals surface area contributed by atoms with Crippen LogP contribution in [0.15, 0.2) is 30.5 Å². The van der Waals surface area contributed by atoms with Gasteiger partial charge in [0.25, 0.3) is 0 Å². The molecule has 0 saturated carbocycles. The van der Waals surface area contributed by atoms with Gasteiger partial charge in [-0.3, -0.25) is 0 Å². The Balaban J connectivity index is 2.62. The van der Waals surface area contributed by atoms with Gasteiger partial charge in [-0.25, -0.2) is 4.57 Å². The Labute approximate surface area is 113 Å². The quantitative estimate of drug-likeness (QED) is 0.708. The van der Waals surface area contributed by atoms with E-state index in [1.807, 2.05) is 24.7 Å². The SMILES string of the molecule is [2H]C([2H])(C)c1c[n+](C)c(-c2ccc(C)cc2C)cc1C. The molecule has 18 heavy (non-hydrogen) atoms. The molecule has 0 aliphatic carbocycles. The smallest absolute Gasteiger partial charge is 0.201 e. The van der Waals surface area contributed by atoms with Crippen LogP contribution in [-0.2, 0) is 13.4 Å². The molecular weight excluding hydrogens is 218 g/mol. The van der Waals surface area contributed by atoms with Gasteiger partial charge in [-0.2, -0.15) is 0 Å². The van der Waals surface area contributed by atoms with Crippen LogP contribution in [0.4, 0.5) is 0 Å². The van der Waals surface area contributed by atoms with Gasteiger partial charge >= 0.3 is 0 Å². The van der Waals surface area contributed by atoms with Crippen LogP contribution in [0, 0.1) is 20.8 Å². The first-order chi connectivity index (χ1) is 9.20. The van der Waals surface area contributed by atoms with Gasteiger partial charge in [-0.1, -0.05) is 24.6 Å². The highest BCUT2D eigenvalue weighted by Crippen LogP contribution is 2.23. The highest BCUT2D eigenvalue weighted by atomic mass is 14.9. The second kappa shape index (κ2) is 4.93. The van der Waals surface area contributed by atoms with Crippen molar-refractivity contribution < 1.29 is 7.31 Å². The van der Waals surface area contributed by atoms with Crippen molar-refractivity contribution >= 4 is 0 Å². The summed E-state index contributed by atoms with van der Waals surface area (Å²) in [6.07, 6.45) is 0.590. The van der Waals surface area contributed by atoms with Crippen LogP contribution in [0.3, 0.4) is 0 Å². The fourth-order valence-electron chi connectivity index (χ4n) is 2.38. The third-order valence-corrected chi connectivity index (χ3v) is 3.41. The van der Waals surface area contributed by atoms with Crippen molar-refractivity contribution in [1.29, 1.82) is 0 Å². The van der Waals surface area contributed by atoms with Crippen molar-refractivity contribution in [3.05, 3.63) is 52.7 Å². The average molecular weight is 242 g/mol. The normalized spacial score (nSPS) is 13.2. The number of pyridine rings is 1. The van der Waals surface area contributed by atoms with Crippen LogP contribution < -0.4 is 4.57 Å². The summed E-state index contributed by atoms with van der Waals surface area (Å²) < 4.78 is 17.8. The first kappa shape index (κ1) is 10.3. The molecule has 0 aliphatic rings. The summed E-state index contributed by atoms with van der Waals surface area (Å²) in [5.41, 5.74) is 6.55. The van der Waals surface area contributed by atoms with Gasteiger partial charge < -0.3 is 0 Å². The largest absolute Gasteiger partial charge is 0.212 e. The van der Waals surface area contributed by atoms with Gasteiger partial charge in [0.05, 0.1) is 0 Å². The zero-order valence-electron chi connectivity index (χ0n) is 13.8. The Bertz CT molecular complexity index is 655. The van der Waals surface area contributed by atoms with Crippen LogP contribution in [0.2, 0.25) is 0 Å². The molecule has 1 heteroatoms. The lowest BCUT2D eigenvalue weighted by Gasteiger charge is -2.08. The number of aryl methyl sites for hydroxylation is 5. The molecule has 0 unspecified atom stereocenters. The second-order valence-corrected chi connectivity index (χ2v) is 4.93. The summed E-state index contributed by atoms with van der Waals surface area (Å²) >= 11 is 0. The Morgan fingerprint density at radius 1 is 1.11 bits per heavy atom. The summed E-state index contributed by atoms with van der Waals surface area (Å²) in [4.78, 5) is 0. The molecule has 0 atom stereocenters. The van der Waals surface area contributed by atoms with Crippen molar-refractivity contribution in [2.75, 3.05) is 0 Å². The first-order valence-electron chi connectivity index (χ1n) is 7.28. The molecule has 0 saturated heterocycles. The third kappa shape index (κ3) is 2.31. The Morgan fingerprint density at radius 2 is 1.83 bits per heavy atom. The number of nitrogens with zero attached hydrogens (tertiary/aromatic N) is 1. The van der Waals surface area contributed by atoms with Crippen LogP contribution in [0.1, 0.15) is 31.9 Å². The first-order valence-corrected chi connectivity index (χ1v) is 6.28. The van der Waals surface area contributed by atoms with Crippen molar-refractivity contribution in [3.8, 4) is 11.3 Å². The third-order valence-electron chi connectivity index (χ3n) is 3.41.